The van der Waals surface area contributed by atoms with E-state index < -0.39 is 10.0 Å². The van der Waals surface area contributed by atoms with Crippen LogP contribution in [0.25, 0.3) is 0 Å². The second-order valence-corrected chi connectivity index (χ2v) is 7.46. The lowest BCUT2D eigenvalue weighted by Crippen LogP contribution is -2.37. The number of benzene rings is 1. The molecule has 2 aliphatic rings. The van der Waals surface area contributed by atoms with E-state index in [0.717, 1.165) is 19.5 Å². The predicted molar refractivity (Wildman–Crippen MR) is 80.0 cm³/mol. The number of hydrogen-bond donors (Lipinski definition) is 0. The van der Waals surface area contributed by atoms with Crippen LogP contribution in [0.3, 0.4) is 0 Å². The highest BCUT2D eigenvalue weighted by Crippen LogP contribution is 2.20. The Balaban J connectivity index is 1.61. The zero-order chi connectivity index (χ0) is 14.0. The zero-order valence-electron chi connectivity index (χ0n) is 11.5. The molecule has 4 nitrogen and oxygen atoms in total. The van der Waals surface area contributed by atoms with Crippen LogP contribution >= 0.6 is 0 Å². The van der Waals surface area contributed by atoms with E-state index in [0.29, 0.717) is 13.1 Å². The second kappa shape index (κ2) is 5.68. The summed E-state index contributed by atoms with van der Waals surface area (Å²) in [5.74, 6) is 0.267. The highest BCUT2D eigenvalue weighted by atomic mass is 32.2. The van der Waals surface area contributed by atoms with Crippen LogP contribution in [0.5, 0.6) is 0 Å². The van der Waals surface area contributed by atoms with Crippen LogP contribution in [0.2, 0.25) is 0 Å². The Hall–Kier alpha value is -1.17. The molecule has 1 fully saturated rings. The van der Waals surface area contributed by atoms with Crippen molar-refractivity contribution in [2.24, 2.45) is 0 Å². The van der Waals surface area contributed by atoms with Crippen molar-refractivity contribution in [3.8, 4) is 0 Å². The first-order chi connectivity index (χ1) is 9.65. The standard InChI is InChI=1S/C15H20N2O2S/c18-20(19)13-15(16-9-4-5-10-16)12-17(20)11-8-14-6-2-1-3-7-14/h1-7,15H,8-13H2. The Labute approximate surface area is 120 Å². The Morgan fingerprint density at radius 2 is 1.80 bits per heavy atom. The molecule has 1 aromatic rings. The van der Waals surface area contributed by atoms with Crippen molar-refractivity contribution in [2.75, 3.05) is 31.9 Å². The van der Waals surface area contributed by atoms with Crippen LogP contribution < -0.4 is 0 Å². The SMILES string of the molecule is O=S1(=O)CC(N2CC=CC2)CN1CCc1ccccc1. The van der Waals surface area contributed by atoms with Crippen LogP contribution in [0, 0.1) is 0 Å². The fraction of sp³-hybridized carbons (Fsp3) is 0.467. The van der Waals surface area contributed by atoms with Gasteiger partial charge in [-0.05, 0) is 12.0 Å². The van der Waals surface area contributed by atoms with E-state index in [1.807, 2.05) is 30.3 Å². The van der Waals surface area contributed by atoms with Gasteiger partial charge in [0, 0.05) is 32.2 Å². The average Bonchev–Trinajstić information content (AvgIpc) is 3.05. The maximum atomic E-state index is 12.2. The molecule has 0 radical (unpaired) electrons. The van der Waals surface area contributed by atoms with Gasteiger partial charge in [0.1, 0.15) is 0 Å². The number of hydrogen-bond acceptors (Lipinski definition) is 3. The third-order valence-corrected chi connectivity index (χ3v) is 5.99. The van der Waals surface area contributed by atoms with E-state index in [1.54, 1.807) is 4.31 Å². The molecule has 3 rings (SSSR count). The lowest BCUT2D eigenvalue weighted by atomic mass is 10.1. The van der Waals surface area contributed by atoms with Gasteiger partial charge in [-0.1, -0.05) is 42.5 Å². The van der Waals surface area contributed by atoms with E-state index in [-0.39, 0.29) is 11.8 Å². The van der Waals surface area contributed by atoms with E-state index in [2.05, 4.69) is 17.1 Å². The smallest absolute Gasteiger partial charge is 0.215 e. The fourth-order valence-electron chi connectivity index (χ4n) is 2.89. The van der Waals surface area contributed by atoms with Gasteiger partial charge in [0.15, 0.2) is 0 Å². The molecule has 2 heterocycles. The molecule has 1 aromatic carbocycles. The van der Waals surface area contributed by atoms with Gasteiger partial charge in [0.2, 0.25) is 10.0 Å². The Kier molecular flexibility index (Phi) is 3.92. The minimum absolute atomic E-state index is 0.144. The second-order valence-electron chi connectivity index (χ2n) is 5.45. The lowest BCUT2D eigenvalue weighted by molar-refractivity contribution is 0.253. The molecule has 108 valence electrons. The predicted octanol–water partition coefficient (Wildman–Crippen LogP) is 1.11. The van der Waals surface area contributed by atoms with Crippen molar-refractivity contribution in [3.05, 3.63) is 48.0 Å². The first-order valence-electron chi connectivity index (χ1n) is 7.06. The quantitative estimate of drug-likeness (QED) is 0.781. The summed E-state index contributed by atoms with van der Waals surface area (Å²) in [5, 5.41) is 0. The maximum Gasteiger partial charge on any atom is 0.215 e. The summed E-state index contributed by atoms with van der Waals surface area (Å²) >= 11 is 0. The van der Waals surface area contributed by atoms with Gasteiger partial charge in [0.05, 0.1) is 5.75 Å². The Morgan fingerprint density at radius 1 is 1.10 bits per heavy atom. The van der Waals surface area contributed by atoms with Crippen molar-refractivity contribution in [1.82, 2.24) is 9.21 Å². The molecule has 1 atom stereocenters. The van der Waals surface area contributed by atoms with Crippen molar-refractivity contribution in [3.63, 3.8) is 0 Å². The van der Waals surface area contributed by atoms with E-state index in [4.69, 9.17) is 0 Å². The van der Waals surface area contributed by atoms with Gasteiger partial charge in [-0.25, -0.2) is 8.42 Å². The highest BCUT2D eigenvalue weighted by Gasteiger charge is 2.38. The molecule has 1 saturated heterocycles. The van der Waals surface area contributed by atoms with E-state index in [1.165, 1.54) is 5.56 Å². The number of sulfonamides is 1. The van der Waals surface area contributed by atoms with E-state index >= 15 is 0 Å². The van der Waals surface area contributed by atoms with Gasteiger partial charge in [0.25, 0.3) is 0 Å². The van der Waals surface area contributed by atoms with Crippen molar-refractivity contribution >= 4 is 10.0 Å². The summed E-state index contributed by atoms with van der Waals surface area (Å²) in [5.41, 5.74) is 1.19. The summed E-state index contributed by atoms with van der Waals surface area (Å²) in [7, 11) is -3.08. The molecule has 0 saturated carbocycles. The number of nitrogens with zero attached hydrogens (tertiary/aromatic N) is 2. The van der Waals surface area contributed by atoms with Gasteiger partial charge in [-0.2, -0.15) is 4.31 Å². The summed E-state index contributed by atoms with van der Waals surface area (Å²) in [4.78, 5) is 2.24. The summed E-state index contributed by atoms with van der Waals surface area (Å²) in [6.07, 6.45) is 5.00. The lowest BCUT2D eigenvalue weighted by Gasteiger charge is -2.22. The van der Waals surface area contributed by atoms with Gasteiger partial charge in [-0.15, -0.1) is 0 Å². The van der Waals surface area contributed by atoms with Crippen LogP contribution in [-0.2, 0) is 16.4 Å². The fourth-order valence-corrected chi connectivity index (χ4v) is 4.67. The Morgan fingerprint density at radius 3 is 2.50 bits per heavy atom. The molecular formula is C15H20N2O2S. The summed E-state index contributed by atoms with van der Waals surface area (Å²) in [6.45, 7) is 2.99. The average molecular weight is 292 g/mol. The molecule has 1 unspecified atom stereocenters. The van der Waals surface area contributed by atoms with Crippen molar-refractivity contribution in [1.29, 1.82) is 0 Å². The normalized spacial score (nSPS) is 26.3. The molecule has 5 heteroatoms. The van der Waals surface area contributed by atoms with Gasteiger partial charge < -0.3 is 0 Å². The highest BCUT2D eigenvalue weighted by molar-refractivity contribution is 7.89. The topological polar surface area (TPSA) is 40.6 Å². The molecule has 0 bridgehead atoms. The molecule has 0 spiro atoms. The number of rotatable bonds is 4. The van der Waals surface area contributed by atoms with Crippen LogP contribution in [-0.4, -0.2) is 55.6 Å². The molecule has 0 N–H and O–H groups in total. The monoisotopic (exact) mass is 292 g/mol. The molecule has 20 heavy (non-hydrogen) atoms. The molecule has 0 aliphatic carbocycles. The Bertz CT molecular complexity index is 575. The molecule has 0 aromatic heterocycles. The molecule has 0 amide bonds. The van der Waals surface area contributed by atoms with Gasteiger partial charge in [-0.3, -0.25) is 4.90 Å². The maximum absolute atomic E-state index is 12.2. The van der Waals surface area contributed by atoms with Crippen molar-refractivity contribution in [2.45, 2.75) is 12.5 Å². The van der Waals surface area contributed by atoms with Crippen LogP contribution in [0.15, 0.2) is 42.5 Å². The first kappa shape index (κ1) is 13.8. The summed E-state index contributed by atoms with van der Waals surface area (Å²) in [6, 6.07) is 10.2. The molecule has 2 aliphatic heterocycles. The van der Waals surface area contributed by atoms with Crippen molar-refractivity contribution < 1.29 is 8.42 Å². The minimum atomic E-state index is -3.08. The largest absolute Gasteiger partial charge is 0.291 e. The third kappa shape index (κ3) is 2.95. The first-order valence-corrected chi connectivity index (χ1v) is 8.67. The van der Waals surface area contributed by atoms with Crippen LogP contribution in [0.1, 0.15) is 5.56 Å². The zero-order valence-corrected chi connectivity index (χ0v) is 12.3. The van der Waals surface area contributed by atoms with Crippen LogP contribution in [0.4, 0.5) is 0 Å². The van der Waals surface area contributed by atoms with Gasteiger partial charge >= 0.3 is 0 Å². The molecular weight excluding hydrogens is 272 g/mol. The summed E-state index contributed by atoms with van der Waals surface area (Å²) < 4.78 is 26.1. The third-order valence-electron chi connectivity index (χ3n) is 4.07. The minimum Gasteiger partial charge on any atom is -0.291 e. The van der Waals surface area contributed by atoms with E-state index in [9.17, 15) is 8.42 Å².